The molecule has 0 unspecified atom stereocenters. The molecule has 0 amide bonds. The lowest BCUT2D eigenvalue weighted by Gasteiger charge is -1.96. The second-order valence-electron chi connectivity index (χ2n) is 2.46. The molecule has 0 aliphatic rings. The van der Waals surface area contributed by atoms with Crippen LogP contribution in [0.1, 0.15) is 0 Å². The van der Waals surface area contributed by atoms with E-state index in [2.05, 4.69) is 26.1 Å². The third kappa shape index (κ3) is 1.55. The maximum atomic E-state index is 5.61. The van der Waals surface area contributed by atoms with Crippen LogP contribution in [-0.4, -0.2) is 10.1 Å². The number of hydrogen-bond acceptors (Lipinski definition) is 4. The molecule has 2 aromatic heterocycles. The van der Waals surface area contributed by atoms with Gasteiger partial charge in [0.1, 0.15) is 16.0 Å². The van der Waals surface area contributed by atoms with Crippen LogP contribution in [0.15, 0.2) is 33.5 Å². The maximum Gasteiger partial charge on any atom is 0.208 e. The molecule has 0 spiro atoms. The van der Waals surface area contributed by atoms with E-state index in [1.165, 1.54) is 6.20 Å². The van der Waals surface area contributed by atoms with Crippen LogP contribution in [0.2, 0.25) is 0 Å². The largest absolute Gasteiger partial charge is 0.394 e. The van der Waals surface area contributed by atoms with Gasteiger partial charge in [0.05, 0.1) is 6.20 Å². The van der Waals surface area contributed by atoms with Crippen molar-refractivity contribution in [2.24, 2.45) is 0 Å². The monoisotopic (exact) mass is 239 g/mol. The zero-order chi connectivity index (χ0) is 9.26. The molecule has 4 nitrogen and oxygen atoms in total. The van der Waals surface area contributed by atoms with E-state index in [1.807, 2.05) is 18.2 Å². The summed E-state index contributed by atoms with van der Waals surface area (Å²) in [6, 6.07) is 5.49. The molecule has 66 valence electrons. The summed E-state index contributed by atoms with van der Waals surface area (Å²) in [5.41, 5.74) is 6.77. The zero-order valence-electron chi connectivity index (χ0n) is 6.57. The van der Waals surface area contributed by atoms with Gasteiger partial charge < -0.3 is 10.3 Å². The lowest BCUT2D eigenvalue weighted by atomic mass is 10.3. The first kappa shape index (κ1) is 8.25. The van der Waals surface area contributed by atoms with E-state index in [0.717, 1.165) is 4.60 Å². The molecular weight excluding hydrogens is 234 g/mol. The summed E-state index contributed by atoms with van der Waals surface area (Å²) in [5.74, 6) is 0.501. The molecule has 0 bridgehead atoms. The SMILES string of the molecule is Nc1cnoc1-c1cccc(Br)n1. The minimum Gasteiger partial charge on any atom is -0.394 e. The minimum atomic E-state index is 0.491. The fourth-order valence-corrected chi connectivity index (χ4v) is 1.32. The molecule has 0 radical (unpaired) electrons. The van der Waals surface area contributed by atoms with E-state index >= 15 is 0 Å². The first-order valence-corrected chi connectivity index (χ1v) is 4.40. The third-order valence-corrected chi connectivity index (χ3v) is 1.99. The molecular formula is C8H6BrN3O. The molecule has 0 atom stereocenters. The number of nitrogens with two attached hydrogens (primary N) is 1. The standard InChI is InChI=1S/C8H6BrN3O/c9-7-3-1-2-6(12-7)8-5(10)4-11-13-8/h1-4H,10H2. The summed E-state index contributed by atoms with van der Waals surface area (Å²) in [6.07, 6.45) is 1.46. The molecule has 0 fully saturated rings. The van der Waals surface area contributed by atoms with E-state index in [1.54, 1.807) is 0 Å². The van der Waals surface area contributed by atoms with Gasteiger partial charge in [-0.3, -0.25) is 0 Å². The summed E-state index contributed by atoms with van der Waals surface area (Å²) >= 11 is 3.26. The Hall–Kier alpha value is -1.36. The van der Waals surface area contributed by atoms with Gasteiger partial charge in [-0.2, -0.15) is 0 Å². The van der Waals surface area contributed by atoms with Crippen molar-refractivity contribution < 1.29 is 4.52 Å². The van der Waals surface area contributed by atoms with E-state index in [4.69, 9.17) is 10.3 Å². The van der Waals surface area contributed by atoms with Crippen molar-refractivity contribution in [3.8, 4) is 11.5 Å². The Balaban J connectivity index is 2.53. The third-order valence-electron chi connectivity index (χ3n) is 1.55. The van der Waals surface area contributed by atoms with Crippen molar-refractivity contribution in [1.82, 2.24) is 10.1 Å². The smallest absolute Gasteiger partial charge is 0.208 e. The minimum absolute atomic E-state index is 0.491. The number of aromatic nitrogens is 2. The molecule has 13 heavy (non-hydrogen) atoms. The lowest BCUT2D eigenvalue weighted by Crippen LogP contribution is -1.87. The van der Waals surface area contributed by atoms with Crippen LogP contribution in [0.4, 0.5) is 5.69 Å². The zero-order valence-corrected chi connectivity index (χ0v) is 8.15. The van der Waals surface area contributed by atoms with E-state index in [9.17, 15) is 0 Å². The molecule has 2 N–H and O–H groups in total. The van der Waals surface area contributed by atoms with Crippen LogP contribution in [0.3, 0.4) is 0 Å². The highest BCUT2D eigenvalue weighted by atomic mass is 79.9. The number of pyridine rings is 1. The van der Waals surface area contributed by atoms with Gasteiger partial charge >= 0.3 is 0 Å². The van der Waals surface area contributed by atoms with Gasteiger partial charge in [-0.05, 0) is 28.1 Å². The fourth-order valence-electron chi connectivity index (χ4n) is 0.977. The molecule has 0 aromatic carbocycles. The van der Waals surface area contributed by atoms with Gasteiger partial charge in [0.25, 0.3) is 0 Å². The number of halogens is 1. The first-order valence-electron chi connectivity index (χ1n) is 3.60. The molecule has 2 rings (SSSR count). The summed E-state index contributed by atoms with van der Waals surface area (Å²) in [6.45, 7) is 0. The van der Waals surface area contributed by atoms with Gasteiger partial charge in [-0.1, -0.05) is 11.2 Å². The normalized spacial score (nSPS) is 10.2. The highest BCUT2D eigenvalue weighted by Gasteiger charge is 2.08. The highest BCUT2D eigenvalue weighted by Crippen LogP contribution is 2.24. The molecule has 5 heteroatoms. The van der Waals surface area contributed by atoms with Gasteiger partial charge in [0.2, 0.25) is 5.76 Å². The summed E-state index contributed by atoms with van der Waals surface area (Å²) in [5, 5.41) is 3.57. The van der Waals surface area contributed by atoms with Crippen LogP contribution < -0.4 is 5.73 Å². The summed E-state index contributed by atoms with van der Waals surface area (Å²) < 4.78 is 5.68. The molecule has 0 saturated heterocycles. The van der Waals surface area contributed by atoms with Crippen molar-refractivity contribution in [2.75, 3.05) is 5.73 Å². The Morgan fingerprint density at radius 2 is 2.23 bits per heavy atom. The molecule has 2 aromatic rings. The lowest BCUT2D eigenvalue weighted by molar-refractivity contribution is 0.431. The van der Waals surface area contributed by atoms with Crippen LogP contribution in [-0.2, 0) is 0 Å². The quantitative estimate of drug-likeness (QED) is 0.775. The summed E-state index contributed by atoms with van der Waals surface area (Å²) in [4.78, 5) is 4.18. The number of nitrogen functional groups attached to an aromatic ring is 1. The van der Waals surface area contributed by atoms with Gasteiger partial charge in [0, 0.05) is 0 Å². The first-order chi connectivity index (χ1) is 6.27. The Morgan fingerprint density at radius 1 is 1.38 bits per heavy atom. The average Bonchev–Trinajstić information content (AvgIpc) is 2.51. The highest BCUT2D eigenvalue weighted by molar-refractivity contribution is 9.10. The van der Waals surface area contributed by atoms with E-state index in [0.29, 0.717) is 17.1 Å². The Kier molecular flexibility index (Phi) is 2.02. The van der Waals surface area contributed by atoms with Crippen LogP contribution >= 0.6 is 15.9 Å². The van der Waals surface area contributed by atoms with Gasteiger partial charge in [-0.15, -0.1) is 0 Å². The summed E-state index contributed by atoms with van der Waals surface area (Å²) in [7, 11) is 0. The van der Waals surface area contributed by atoms with Crippen LogP contribution in [0.5, 0.6) is 0 Å². The second-order valence-corrected chi connectivity index (χ2v) is 3.27. The predicted molar refractivity (Wildman–Crippen MR) is 51.8 cm³/mol. The predicted octanol–water partition coefficient (Wildman–Crippen LogP) is 2.08. The van der Waals surface area contributed by atoms with Crippen LogP contribution in [0.25, 0.3) is 11.5 Å². The molecule has 0 aliphatic heterocycles. The second kappa shape index (κ2) is 3.18. The van der Waals surface area contributed by atoms with Crippen molar-refractivity contribution >= 4 is 21.6 Å². The van der Waals surface area contributed by atoms with Crippen molar-refractivity contribution in [1.29, 1.82) is 0 Å². The Bertz CT molecular complexity index is 427. The molecule has 0 aliphatic carbocycles. The topological polar surface area (TPSA) is 64.9 Å². The molecule has 0 saturated carbocycles. The van der Waals surface area contributed by atoms with Gasteiger partial charge in [0.15, 0.2) is 0 Å². The average molecular weight is 240 g/mol. The number of nitrogens with zero attached hydrogens (tertiary/aromatic N) is 2. The fraction of sp³-hybridized carbons (Fsp3) is 0. The Morgan fingerprint density at radius 3 is 2.85 bits per heavy atom. The van der Waals surface area contributed by atoms with Crippen molar-refractivity contribution in [2.45, 2.75) is 0 Å². The number of anilines is 1. The number of hydrogen-bond donors (Lipinski definition) is 1. The number of rotatable bonds is 1. The van der Waals surface area contributed by atoms with Crippen molar-refractivity contribution in [3.05, 3.63) is 29.0 Å². The van der Waals surface area contributed by atoms with Gasteiger partial charge in [-0.25, -0.2) is 4.98 Å². The molecule has 2 heterocycles. The van der Waals surface area contributed by atoms with E-state index in [-0.39, 0.29) is 0 Å². The Labute approximate surface area is 82.9 Å². The maximum absolute atomic E-state index is 5.61. The van der Waals surface area contributed by atoms with Crippen molar-refractivity contribution in [3.63, 3.8) is 0 Å². The van der Waals surface area contributed by atoms with E-state index < -0.39 is 0 Å². The van der Waals surface area contributed by atoms with Crippen LogP contribution in [0, 0.1) is 0 Å².